The summed E-state index contributed by atoms with van der Waals surface area (Å²) in [6, 6.07) is 3.15. The van der Waals surface area contributed by atoms with E-state index in [1.54, 1.807) is 19.1 Å². The Morgan fingerprint density at radius 3 is 2.57 bits per heavy atom. The minimum atomic E-state index is -0.840. The Balaban J connectivity index is 2.73. The van der Waals surface area contributed by atoms with E-state index in [1.807, 2.05) is 6.92 Å². The molecule has 1 rings (SSSR count). The Morgan fingerprint density at radius 1 is 1.30 bits per heavy atom. The Morgan fingerprint density at radius 2 is 2.00 bits per heavy atom. The second-order valence-electron chi connectivity index (χ2n) is 4.72. The lowest BCUT2D eigenvalue weighted by Gasteiger charge is -2.10. The second-order valence-corrected chi connectivity index (χ2v) is 5.13. The van der Waals surface area contributed by atoms with Gasteiger partial charge in [-0.15, -0.1) is 0 Å². The number of benzene rings is 1. The number of hydrogen-bond acceptors (Lipinski definition) is 5. The monoisotopic (exact) mass is 341 g/mol. The second kappa shape index (κ2) is 8.99. The molecule has 23 heavy (non-hydrogen) atoms. The third-order valence-corrected chi connectivity index (χ3v) is 3.31. The Bertz CT molecular complexity index is 605. The normalized spacial score (nSPS) is 11.9. The number of hydrogen-bond donors (Lipinski definition) is 2. The van der Waals surface area contributed by atoms with Crippen LogP contribution in [0, 0.1) is 0 Å². The van der Waals surface area contributed by atoms with Gasteiger partial charge in [-0.1, -0.05) is 18.5 Å². The lowest BCUT2D eigenvalue weighted by molar-refractivity contribution is -0.139. The van der Waals surface area contributed by atoms with Crippen molar-refractivity contribution in [3.05, 3.63) is 22.7 Å². The van der Waals surface area contributed by atoms with E-state index in [9.17, 15) is 9.59 Å². The van der Waals surface area contributed by atoms with Gasteiger partial charge in [-0.2, -0.15) is 5.10 Å². The highest BCUT2D eigenvalue weighted by molar-refractivity contribution is 6.35. The van der Waals surface area contributed by atoms with Crippen LogP contribution in [-0.2, 0) is 9.59 Å². The molecule has 1 atom stereocenters. The molecule has 1 aromatic carbocycles. The summed E-state index contributed by atoms with van der Waals surface area (Å²) in [5.41, 5.74) is 2.73. The number of rotatable bonds is 6. The van der Waals surface area contributed by atoms with Crippen LogP contribution < -0.4 is 20.2 Å². The van der Waals surface area contributed by atoms with Crippen molar-refractivity contribution in [1.29, 1.82) is 0 Å². The number of amides is 2. The van der Waals surface area contributed by atoms with Crippen LogP contribution in [0.5, 0.6) is 11.5 Å². The van der Waals surface area contributed by atoms with E-state index >= 15 is 0 Å². The van der Waals surface area contributed by atoms with E-state index in [-0.39, 0.29) is 6.04 Å². The molecule has 0 radical (unpaired) electrons. The Kier molecular flexibility index (Phi) is 7.34. The molecule has 126 valence electrons. The molecule has 0 aliphatic carbocycles. The molecule has 0 bridgehead atoms. The number of nitrogens with zero attached hydrogens (tertiary/aromatic N) is 1. The van der Waals surface area contributed by atoms with E-state index < -0.39 is 11.8 Å². The molecule has 0 saturated heterocycles. The summed E-state index contributed by atoms with van der Waals surface area (Å²) in [7, 11) is 2.96. The first-order valence-electron chi connectivity index (χ1n) is 6.98. The minimum absolute atomic E-state index is 0.0816. The molecule has 0 fully saturated rings. The predicted octanol–water partition coefficient (Wildman–Crippen LogP) is 1.72. The molecule has 0 spiro atoms. The molecule has 0 aromatic heterocycles. The van der Waals surface area contributed by atoms with Crippen LogP contribution in [0.3, 0.4) is 0 Å². The zero-order valence-electron chi connectivity index (χ0n) is 13.5. The van der Waals surface area contributed by atoms with Gasteiger partial charge in [-0.05, 0) is 31.0 Å². The first-order valence-corrected chi connectivity index (χ1v) is 7.36. The van der Waals surface area contributed by atoms with Gasteiger partial charge >= 0.3 is 11.8 Å². The number of carbonyl (C=O) groups excluding carboxylic acids is 2. The van der Waals surface area contributed by atoms with Gasteiger partial charge < -0.3 is 14.8 Å². The molecule has 2 N–H and O–H groups in total. The summed E-state index contributed by atoms with van der Waals surface area (Å²) in [4.78, 5) is 23.1. The molecule has 8 heteroatoms. The maximum absolute atomic E-state index is 11.6. The van der Waals surface area contributed by atoms with Gasteiger partial charge in [0, 0.05) is 6.04 Å². The zero-order valence-corrected chi connectivity index (χ0v) is 14.2. The largest absolute Gasteiger partial charge is 0.493 e. The molecule has 0 aliphatic heterocycles. The fourth-order valence-electron chi connectivity index (χ4n) is 1.62. The standard InChI is InChI=1S/C15H20ClN3O4/c1-5-9(2)18-14(20)15(21)19-17-8-10-6-11(16)13(23-4)12(7-10)22-3/h6-9H,5H2,1-4H3,(H,18,20)(H,19,21)/b17-8-/t9-/m1/s1. The lowest BCUT2D eigenvalue weighted by Crippen LogP contribution is -2.41. The van der Waals surface area contributed by atoms with Crippen LogP contribution in [0.1, 0.15) is 25.8 Å². The van der Waals surface area contributed by atoms with E-state index in [1.165, 1.54) is 20.4 Å². The summed E-state index contributed by atoms with van der Waals surface area (Å²) in [6.45, 7) is 3.71. The summed E-state index contributed by atoms with van der Waals surface area (Å²) >= 11 is 6.06. The molecule has 0 saturated carbocycles. The van der Waals surface area contributed by atoms with Crippen molar-refractivity contribution in [3.8, 4) is 11.5 Å². The van der Waals surface area contributed by atoms with Gasteiger partial charge in [0.1, 0.15) is 0 Å². The fourth-order valence-corrected chi connectivity index (χ4v) is 1.92. The lowest BCUT2D eigenvalue weighted by atomic mass is 10.2. The summed E-state index contributed by atoms with van der Waals surface area (Å²) < 4.78 is 10.3. The third-order valence-electron chi connectivity index (χ3n) is 3.03. The number of halogens is 1. The molecule has 0 unspecified atom stereocenters. The Hall–Kier alpha value is -2.28. The molecule has 1 aromatic rings. The average molecular weight is 342 g/mol. The fraction of sp³-hybridized carbons (Fsp3) is 0.400. The predicted molar refractivity (Wildman–Crippen MR) is 88.2 cm³/mol. The van der Waals surface area contributed by atoms with Crippen LogP contribution in [0.25, 0.3) is 0 Å². The summed E-state index contributed by atoms with van der Waals surface area (Å²) in [5.74, 6) is -0.736. The highest BCUT2D eigenvalue weighted by Gasteiger charge is 2.14. The van der Waals surface area contributed by atoms with Crippen molar-refractivity contribution < 1.29 is 19.1 Å². The summed E-state index contributed by atoms with van der Waals surface area (Å²) in [6.07, 6.45) is 2.08. The summed E-state index contributed by atoms with van der Waals surface area (Å²) in [5, 5.41) is 6.61. The highest BCUT2D eigenvalue weighted by Crippen LogP contribution is 2.35. The molecular formula is C15H20ClN3O4. The third kappa shape index (κ3) is 5.45. The van der Waals surface area contributed by atoms with Crippen molar-refractivity contribution in [3.63, 3.8) is 0 Å². The van der Waals surface area contributed by atoms with Crippen molar-refractivity contribution in [2.75, 3.05) is 14.2 Å². The van der Waals surface area contributed by atoms with Crippen LogP contribution >= 0.6 is 11.6 Å². The van der Waals surface area contributed by atoms with Crippen LogP contribution in [0.4, 0.5) is 0 Å². The zero-order chi connectivity index (χ0) is 17.4. The Labute approximate surface area is 140 Å². The van der Waals surface area contributed by atoms with Crippen molar-refractivity contribution in [2.45, 2.75) is 26.3 Å². The maximum atomic E-state index is 11.6. The first-order chi connectivity index (χ1) is 10.9. The van der Waals surface area contributed by atoms with Gasteiger partial charge in [-0.3, -0.25) is 9.59 Å². The van der Waals surface area contributed by atoms with Crippen molar-refractivity contribution in [1.82, 2.24) is 10.7 Å². The van der Waals surface area contributed by atoms with Gasteiger partial charge in [-0.25, -0.2) is 5.43 Å². The quantitative estimate of drug-likeness (QED) is 0.468. The van der Waals surface area contributed by atoms with E-state index in [4.69, 9.17) is 21.1 Å². The van der Waals surface area contributed by atoms with Crippen LogP contribution in [0.15, 0.2) is 17.2 Å². The van der Waals surface area contributed by atoms with E-state index in [0.29, 0.717) is 22.1 Å². The minimum Gasteiger partial charge on any atom is -0.493 e. The number of nitrogens with one attached hydrogen (secondary N) is 2. The highest BCUT2D eigenvalue weighted by atomic mass is 35.5. The topological polar surface area (TPSA) is 89.0 Å². The van der Waals surface area contributed by atoms with E-state index in [0.717, 1.165) is 6.42 Å². The van der Waals surface area contributed by atoms with Gasteiger partial charge in [0.25, 0.3) is 0 Å². The molecule has 0 heterocycles. The average Bonchev–Trinajstić information content (AvgIpc) is 2.53. The smallest absolute Gasteiger partial charge is 0.329 e. The SMILES string of the molecule is CC[C@@H](C)NC(=O)C(=O)N/N=C\c1cc(Cl)c(OC)c(OC)c1. The molecule has 2 amide bonds. The molecule has 7 nitrogen and oxygen atoms in total. The number of carbonyl (C=O) groups is 2. The van der Waals surface area contributed by atoms with E-state index in [2.05, 4.69) is 15.8 Å². The van der Waals surface area contributed by atoms with Crippen molar-refractivity contribution >= 4 is 29.6 Å². The van der Waals surface area contributed by atoms with Crippen LogP contribution in [0.2, 0.25) is 5.02 Å². The number of hydrazone groups is 1. The molecule has 0 aliphatic rings. The maximum Gasteiger partial charge on any atom is 0.329 e. The van der Waals surface area contributed by atoms with Gasteiger partial charge in [0.15, 0.2) is 11.5 Å². The molecular weight excluding hydrogens is 322 g/mol. The van der Waals surface area contributed by atoms with Gasteiger partial charge in [0.05, 0.1) is 25.5 Å². The first kappa shape index (κ1) is 18.8. The van der Waals surface area contributed by atoms with Crippen LogP contribution in [-0.4, -0.2) is 38.3 Å². The van der Waals surface area contributed by atoms with Crippen molar-refractivity contribution in [2.24, 2.45) is 5.10 Å². The van der Waals surface area contributed by atoms with Gasteiger partial charge in [0.2, 0.25) is 0 Å². The number of methoxy groups -OCH3 is 2. The number of ether oxygens (including phenoxy) is 2.